The molecule has 0 saturated heterocycles. The maximum absolute atomic E-state index is 12.0. The van der Waals surface area contributed by atoms with Crippen LogP contribution in [0, 0.1) is 0 Å². The topological polar surface area (TPSA) is 21.3 Å². The van der Waals surface area contributed by atoms with Crippen molar-refractivity contribution in [2.45, 2.75) is 19.1 Å². The summed E-state index contributed by atoms with van der Waals surface area (Å²) in [5, 5.41) is 3.16. The van der Waals surface area contributed by atoms with Gasteiger partial charge in [0.2, 0.25) is 0 Å². The summed E-state index contributed by atoms with van der Waals surface area (Å²) in [6.07, 6.45) is -3.57. The summed E-state index contributed by atoms with van der Waals surface area (Å²) in [5.41, 5.74) is 1.91. The molecular formula is C11H12F3NO. The third-order valence-corrected chi connectivity index (χ3v) is 2.49. The molecule has 88 valence electrons. The van der Waals surface area contributed by atoms with Crippen LogP contribution in [-0.4, -0.2) is 19.3 Å². The summed E-state index contributed by atoms with van der Waals surface area (Å²) in [5.74, 6) is 0.358. The first kappa shape index (κ1) is 11.3. The van der Waals surface area contributed by atoms with E-state index < -0.39 is 12.8 Å². The Hall–Kier alpha value is -1.23. The van der Waals surface area contributed by atoms with Crippen molar-refractivity contribution in [3.05, 3.63) is 29.3 Å². The molecule has 0 aromatic heterocycles. The van der Waals surface area contributed by atoms with Gasteiger partial charge < -0.3 is 10.1 Å². The van der Waals surface area contributed by atoms with Crippen LogP contribution < -0.4 is 10.1 Å². The van der Waals surface area contributed by atoms with Crippen molar-refractivity contribution in [3.8, 4) is 5.75 Å². The second-order valence-corrected chi connectivity index (χ2v) is 3.72. The number of hydrogen-bond donors (Lipinski definition) is 1. The van der Waals surface area contributed by atoms with Gasteiger partial charge in [0, 0.05) is 6.54 Å². The molecule has 2 rings (SSSR count). The number of ether oxygens (including phenoxy) is 1. The quantitative estimate of drug-likeness (QED) is 0.843. The molecule has 0 amide bonds. The second kappa shape index (κ2) is 4.33. The average molecular weight is 231 g/mol. The van der Waals surface area contributed by atoms with Gasteiger partial charge in [-0.15, -0.1) is 0 Å². The van der Waals surface area contributed by atoms with Gasteiger partial charge in [-0.05, 0) is 30.2 Å². The van der Waals surface area contributed by atoms with Crippen LogP contribution in [0.25, 0.3) is 0 Å². The Labute approximate surface area is 91.4 Å². The van der Waals surface area contributed by atoms with Crippen molar-refractivity contribution < 1.29 is 17.9 Å². The van der Waals surface area contributed by atoms with Crippen LogP contribution in [-0.2, 0) is 13.0 Å². The van der Waals surface area contributed by atoms with E-state index in [0.29, 0.717) is 18.7 Å². The van der Waals surface area contributed by atoms with Crippen LogP contribution in [0.3, 0.4) is 0 Å². The number of alkyl halides is 3. The Morgan fingerprint density at radius 1 is 1.31 bits per heavy atom. The lowest BCUT2D eigenvalue weighted by atomic mass is 10.0. The highest BCUT2D eigenvalue weighted by atomic mass is 19.4. The van der Waals surface area contributed by atoms with E-state index in [0.717, 1.165) is 17.7 Å². The molecule has 1 aromatic carbocycles. The van der Waals surface area contributed by atoms with Crippen molar-refractivity contribution in [1.82, 2.24) is 5.32 Å². The summed E-state index contributed by atoms with van der Waals surface area (Å²) in [6.45, 7) is 0.245. The molecule has 1 aliphatic heterocycles. The Bertz CT molecular complexity index is 376. The standard InChI is InChI=1S/C11H12F3NO/c12-11(13,14)7-16-10-3-1-2-8-6-15-5-4-9(8)10/h1-3,15H,4-7H2. The van der Waals surface area contributed by atoms with Crippen molar-refractivity contribution >= 4 is 0 Å². The monoisotopic (exact) mass is 231 g/mol. The van der Waals surface area contributed by atoms with Crippen molar-refractivity contribution in [3.63, 3.8) is 0 Å². The molecule has 1 aromatic rings. The van der Waals surface area contributed by atoms with Crippen LogP contribution in [0.15, 0.2) is 18.2 Å². The minimum atomic E-state index is -4.28. The lowest BCUT2D eigenvalue weighted by Gasteiger charge is -2.20. The number of rotatable bonds is 2. The second-order valence-electron chi connectivity index (χ2n) is 3.72. The molecule has 0 bridgehead atoms. The zero-order chi connectivity index (χ0) is 11.6. The minimum absolute atomic E-state index is 0.358. The number of halogens is 3. The van der Waals surface area contributed by atoms with Crippen LogP contribution in [0.5, 0.6) is 5.75 Å². The van der Waals surface area contributed by atoms with Crippen molar-refractivity contribution in [2.24, 2.45) is 0 Å². The summed E-state index contributed by atoms with van der Waals surface area (Å²) in [4.78, 5) is 0. The van der Waals surface area contributed by atoms with E-state index in [-0.39, 0.29) is 0 Å². The molecular weight excluding hydrogens is 219 g/mol. The first-order chi connectivity index (χ1) is 7.56. The lowest BCUT2D eigenvalue weighted by Crippen LogP contribution is -2.25. The van der Waals surface area contributed by atoms with Gasteiger partial charge in [0.15, 0.2) is 6.61 Å². The van der Waals surface area contributed by atoms with E-state index in [4.69, 9.17) is 4.74 Å². The van der Waals surface area contributed by atoms with E-state index in [9.17, 15) is 13.2 Å². The molecule has 0 fully saturated rings. The molecule has 5 heteroatoms. The highest BCUT2D eigenvalue weighted by Gasteiger charge is 2.29. The molecule has 2 nitrogen and oxygen atoms in total. The highest BCUT2D eigenvalue weighted by Crippen LogP contribution is 2.27. The molecule has 0 radical (unpaired) electrons. The van der Waals surface area contributed by atoms with Gasteiger partial charge in [0.25, 0.3) is 0 Å². The molecule has 0 saturated carbocycles. The first-order valence-electron chi connectivity index (χ1n) is 5.07. The first-order valence-corrected chi connectivity index (χ1v) is 5.07. The fourth-order valence-electron chi connectivity index (χ4n) is 1.79. The van der Waals surface area contributed by atoms with Crippen molar-refractivity contribution in [1.29, 1.82) is 0 Å². The van der Waals surface area contributed by atoms with E-state index in [1.54, 1.807) is 12.1 Å². The number of nitrogens with one attached hydrogen (secondary N) is 1. The van der Waals surface area contributed by atoms with Crippen LogP contribution >= 0.6 is 0 Å². The van der Waals surface area contributed by atoms with Crippen molar-refractivity contribution in [2.75, 3.05) is 13.2 Å². The molecule has 1 N–H and O–H groups in total. The molecule has 1 aliphatic rings. The third kappa shape index (κ3) is 2.66. The maximum atomic E-state index is 12.0. The summed E-state index contributed by atoms with van der Waals surface area (Å²) in [7, 11) is 0. The number of fused-ring (bicyclic) bond motifs is 1. The normalized spacial score (nSPS) is 15.7. The molecule has 0 unspecified atom stereocenters. The van der Waals surface area contributed by atoms with Gasteiger partial charge in [0.05, 0.1) is 0 Å². The van der Waals surface area contributed by atoms with Crippen LogP contribution in [0.1, 0.15) is 11.1 Å². The summed E-state index contributed by atoms with van der Waals surface area (Å²) >= 11 is 0. The fourth-order valence-corrected chi connectivity index (χ4v) is 1.79. The molecule has 1 heterocycles. The predicted molar refractivity (Wildman–Crippen MR) is 53.4 cm³/mol. The molecule has 0 atom stereocenters. The van der Waals surface area contributed by atoms with E-state index in [1.165, 1.54) is 0 Å². The summed E-state index contributed by atoms with van der Waals surface area (Å²) < 4.78 is 40.9. The third-order valence-electron chi connectivity index (χ3n) is 2.49. The predicted octanol–water partition coefficient (Wildman–Crippen LogP) is 2.27. The SMILES string of the molecule is FC(F)(F)COc1cccc2c1CCNC2. The van der Waals surface area contributed by atoms with Gasteiger partial charge >= 0.3 is 6.18 Å². The van der Waals surface area contributed by atoms with Crippen LogP contribution in [0.4, 0.5) is 13.2 Å². The smallest absolute Gasteiger partial charge is 0.422 e. The van der Waals surface area contributed by atoms with E-state index in [2.05, 4.69) is 5.32 Å². The minimum Gasteiger partial charge on any atom is -0.484 e. The highest BCUT2D eigenvalue weighted by molar-refractivity contribution is 5.41. The molecule has 0 aliphatic carbocycles. The van der Waals surface area contributed by atoms with Gasteiger partial charge in [0.1, 0.15) is 5.75 Å². The van der Waals surface area contributed by atoms with Crippen LogP contribution in [0.2, 0.25) is 0 Å². The van der Waals surface area contributed by atoms with Gasteiger partial charge in [-0.25, -0.2) is 0 Å². The lowest BCUT2D eigenvalue weighted by molar-refractivity contribution is -0.153. The number of benzene rings is 1. The van der Waals surface area contributed by atoms with Gasteiger partial charge in [-0.2, -0.15) is 13.2 Å². The Morgan fingerprint density at radius 3 is 2.88 bits per heavy atom. The fraction of sp³-hybridized carbons (Fsp3) is 0.455. The van der Waals surface area contributed by atoms with Gasteiger partial charge in [-0.1, -0.05) is 12.1 Å². The van der Waals surface area contributed by atoms with E-state index in [1.807, 2.05) is 6.07 Å². The van der Waals surface area contributed by atoms with E-state index >= 15 is 0 Å². The molecule has 16 heavy (non-hydrogen) atoms. The Balaban J connectivity index is 2.15. The number of hydrogen-bond acceptors (Lipinski definition) is 2. The largest absolute Gasteiger partial charge is 0.484 e. The maximum Gasteiger partial charge on any atom is 0.422 e. The molecule has 0 spiro atoms. The Morgan fingerprint density at radius 2 is 2.12 bits per heavy atom. The summed E-state index contributed by atoms with van der Waals surface area (Å²) in [6, 6.07) is 5.22. The zero-order valence-corrected chi connectivity index (χ0v) is 8.60. The zero-order valence-electron chi connectivity index (χ0n) is 8.60. The Kier molecular flexibility index (Phi) is 3.05. The van der Waals surface area contributed by atoms with Gasteiger partial charge in [-0.3, -0.25) is 0 Å². The average Bonchev–Trinajstić information content (AvgIpc) is 2.25.